The summed E-state index contributed by atoms with van der Waals surface area (Å²) in [6.45, 7) is -0.372. The van der Waals surface area contributed by atoms with Crippen LogP contribution in [0.5, 0.6) is 0 Å². The Morgan fingerprint density at radius 3 is 2.41 bits per heavy atom. The molecule has 0 spiro atoms. The number of esters is 1. The Kier molecular flexibility index (Phi) is 6.89. The summed E-state index contributed by atoms with van der Waals surface area (Å²) < 4.78 is 4.98. The summed E-state index contributed by atoms with van der Waals surface area (Å²) in [5, 5.41) is 11.0. The lowest BCUT2D eigenvalue weighted by molar-refractivity contribution is -0.385. The molecule has 1 saturated carbocycles. The Labute approximate surface area is 169 Å². The Bertz CT molecular complexity index is 911. The molecule has 0 aliphatic heterocycles. The van der Waals surface area contributed by atoms with Gasteiger partial charge in [0.05, 0.1) is 10.5 Å². The minimum absolute atomic E-state index is 0.106. The molecule has 3 rings (SSSR count). The third kappa shape index (κ3) is 5.60. The van der Waals surface area contributed by atoms with Crippen LogP contribution in [0.25, 0.3) is 6.08 Å². The molecule has 29 heavy (non-hydrogen) atoms. The lowest BCUT2D eigenvalue weighted by Crippen LogP contribution is -2.13. The van der Waals surface area contributed by atoms with Crippen LogP contribution in [0.2, 0.25) is 0 Å². The van der Waals surface area contributed by atoms with Gasteiger partial charge >= 0.3 is 5.97 Å². The molecule has 0 saturated heterocycles. The molecule has 0 bridgehead atoms. The monoisotopic (exact) mass is 393 g/mol. The van der Waals surface area contributed by atoms with Crippen LogP contribution in [0.1, 0.15) is 59.5 Å². The minimum Gasteiger partial charge on any atom is -0.454 e. The van der Waals surface area contributed by atoms with Gasteiger partial charge in [-0.15, -0.1) is 0 Å². The minimum atomic E-state index is -0.727. The van der Waals surface area contributed by atoms with E-state index in [4.69, 9.17) is 4.74 Å². The van der Waals surface area contributed by atoms with Gasteiger partial charge in [-0.25, -0.2) is 4.79 Å². The van der Waals surface area contributed by atoms with Gasteiger partial charge in [-0.1, -0.05) is 55.7 Å². The van der Waals surface area contributed by atoms with Gasteiger partial charge in [0, 0.05) is 17.7 Å². The molecular formula is C23H23NO5. The molecule has 1 aliphatic carbocycles. The van der Waals surface area contributed by atoms with Crippen molar-refractivity contribution in [1.82, 2.24) is 0 Å². The summed E-state index contributed by atoms with van der Waals surface area (Å²) in [7, 11) is 0. The molecule has 6 heteroatoms. The topological polar surface area (TPSA) is 86.5 Å². The summed E-state index contributed by atoms with van der Waals surface area (Å²) in [5.41, 5.74) is 1.94. The number of benzene rings is 2. The van der Waals surface area contributed by atoms with Crippen LogP contribution >= 0.6 is 0 Å². The number of rotatable bonds is 7. The molecule has 1 fully saturated rings. The third-order valence-corrected chi connectivity index (χ3v) is 5.19. The maximum atomic E-state index is 12.3. The first-order chi connectivity index (χ1) is 14.0. The normalized spacial score (nSPS) is 14.6. The van der Waals surface area contributed by atoms with E-state index in [-0.39, 0.29) is 18.1 Å². The average Bonchev–Trinajstić information content (AvgIpc) is 2.77. The highest BCUT2D eigenvalue weighted by Gasteiger charge is 2.16. The van der Waals surface area contributed by atoms with Gasteiger partial charge in [0.1, 0.15) is 0 Å². The average molecular weight is 393 g/mol. The SMILES string of the molecule is O=C(C=Cc1ccccc1[N+](=O)[O-])OCC(=O)c1ccc(C2CCCCC2)cc1. The van der Waals surface area contributed by atoms with Crippen molar-refractivity contribution < 1.29 is 19.2 Å². The van der Waals surface area contributed by atoms with E-state index >= 15 is 0 Å². The third-order valence-electron chi connectivity index (χ3n) is 5.19. The molecule has 2 aromatic carbocycles. The number of nitro benzene ring substituents is 1. The Balaban J connectivity index is 1.53. The van der Waals surface area contributed by atoms with Crippen LogP contribution in [-0.4, -0.2) is 23.3 Å². The molecular weight excluding hydrogens is 370 g/mol. The second-order valence-electron chi connectivity index (χ2n) is 7.14. The van der Waals surface area contributed by atoms with Gasteiger partial charge in [0.25, 0.3) is 5.69 Å². The van der Waals surface area contributed by atoms with Gasteiger partial charge in [0.15, 0.2) is 12.4 Å². The number of nitro groups is 1. The Morgan fingerprint density at radius 1 is 1.03 bits per heavy atom. The standard InChI is InChI=1S/C23H23NO5/c25-22(20-12-10-18(11-13-20)17-6-2-1-3-7-17)16-29-23(26)15-14-19-8-4-5-9-21(19)24(27)28/h4-5,8-15,17H,1-3,6-7,16H2. The zero-order valence-electron chi connectivity index (χ0n) is 16.1. The largest absolute Gasteiger partial charge is 0.454 e. The van der Waals surface area contributed by atoms with Crippen LogP contribution < -0.4 is 0 Å². The highest BCUT2D eigenvalue weighted by Crippen LogP contribution is 2.32. The van der Waals surface area contributed by atoms with E-state index in [1.54, 1.807) is 24.3 Å². The number of carbonyl (C=O) groups excluding carboxylic acids is 2. The van der Waals surface area contributed by atoms with Crippen molar-refractivity contribution in [2.45, 2.75) is 38.0 Å². The van der Waals surface area contributed by atoms with E-state index in [0.29, 0.717) is 17.0 Å². The van der Waals surface area contributed by atoms with E-state index in [1.807, 2.05) is 12.1 Å². The zero-order chi connectivity index (χ0) is 20.6. The van der Waals surface area contributed by atoms with Gasteiger partial charge in [-0.3, -0.25) is 14.9 Å². The number of ether oxygens (including phenoxy) is 1. The molecule has 1 aliphatic rings. The van der Waals surface area contributed by atoms with E-state index in [0.717, 1.165) is 6.08 Å². The predicted octanol–water partition coefficient (Wildman–Crippen LogP) is 5.08. The maximum Gasteiger partial charge on any atom is 0.331 e. The summed E-state index contributed by atoms with van der Waals surface area (Å²) in [5.74, 6) is -0.444. The highest BCUT2D eigenvalue weighted by molar-refractivity contribution is 5.99. The first kappa shape index (κ1) is 20.5. The molecule has 0 N–H and O–H groups in total. The molecule has 2 aromatic rings. The van der Waals surface area contributed by atoms with Gasteiger partial charge in [0.2, 0.25) is 0 Å². The molecule has 0 radical (unpaired) electrons. The fourth-order valence-electron chi connectivity index (χ4n) is 3.60. The van der Waals surface area contributed by atoms with Crippen molar-refractivity contribution in [2.75, 3.05) is 6.61 Å². The zero-order valence-corrected chi connectivity index (χ0v) is 16.1. The fourth-order valence-corrected chi connectivity index (χ4v) is 3.60. The highest BCUT2D eigenvalue weighted by atomic mass is 16.6. The Morgan fingerprint density at radius 2 is 1.72 bits per heavy atom. The number of nitrogens with zero attached hydrogens (tertiary/aromatic N) is 1. The summed E-state index contributed by atoms with van der Waals surface area (Å²) in [6, 6.07) is 13.6. The maximum absolute atomic E-state index is 12.3. The second-order valence-corrected chi connectivity index (χ2v) is 7.14. The van der Waals surface area contributed by atoms with Crippen molar-refractivity contribution in [1.29, 1.82) is 0 Å². The second kappa shape index (κ2) is 9.78. The molecule has 0 atom stereocenters. The van der Waals surface area contributed by atoms with E-state index < -0.39 is 10.9 Å². The smallest absolute Gasteiger partial charge is 0.331 e. The lowest BCUT2D eigenvalue weighted by Gasteiger charge is -2.22. The van der Waals surface area contributed by atoms with Crippen molar-refractivity contribution in [3.63, 3.8) is 0 Å². The van der Waals surface area contributed by atoms with Crippen molar-refractivity contribution in [3.8, 4) is 0 Å². The van der Waals surface area contributed by atoms with E-state index in [1.165, 1.54) is 55.9 Å². The molecule has 0 heterocycles. The Hall–Kier alpha value is -3.28. The van der Waals surface area contributed by atoms with Gasteiger partial charge in [-0.05, 0) is 36.5 Å². The van der Waals surface area contributed by atoms with Crippen LogP contribution in [0.3, 0.4) is 0 Å². The lowest BCUT2D eigenvalue weighted by atomic mass is 9.84. The van der Waals surface area contributed by atoms with E-state index in [2.05, 4.69) is 0 Å². The summed E-state index contributed by atoms with van der Waals surface area (Å²) in [6.07, 6.45) is 8.58. The first-order valence-electron chi connectivity index (χ1n) is 9.76. The van der Waals surface area contributed by atoms with Gasteiger partial charge < -0.3 is 4.74 Å². The molecule has 0 aromatic heterocycles. The molecule has 6 nitrogen and oxygen atoms in total. The van der Waals surface area contributed by atoms with Crippen LogP contribution in [-0.2, 0) is 9.53 Å². The van der Waals surface area contributed by atoms with Crippen LogP contribution in [0.4, 0.5) is 5.69 Å². The summed E-state index contributed by atoms with van der Waals surface area (Å²) in [4.78, 5) is 34.6. The molecule has 0 amide bonds. The number of hydrogen-bond donors (Lipinski definition) is 0. The summed E-state index contributed by atoms with van der Waals surface area (Å²) >= 11 is 0. The number of ketones is 1. The van der Waals surface area contributed by atoms with Gasteiger partial charge in [-0.2, -0.15) is 0 Å². The van der Waals surface area contributed by atoms with Crippen LogP contribution in [0.15, 0.2) is 54.6 Å². The molecule has 150 valence electrons. The van der Waals surface area contributed by atoms with Crippen molar-refractivity contribution >= 4 is 23.5 Å². The van der Waals surface area contributed by atoms with E-state index in [9.17, 15) is 19.7 Å². The quantitative estimate of drug-likeness (QED) is 0.215. The number of Topliss-reactive ketones (excluding diaryl/α,β-unsaturated/α-hetero) is 1. The van der Waals surface area contributed by atoms with Crippen LogP contribution in [0, 0.1) is 10.1 Å². The predicted molar refractivity (Wildman–Crippen MR) is 110 cm³/mol. The first-order valence-corrected chi connectivity index (χ1v) is 9.76. The number of carbonyl (C=O) groups is 2. The number of para-hydroxylation sites is 1. The van der Waals surface area contributed by atoms with Crippen molar-refractivity contribution in [3.05, 3.63) is 81.4 Å². The van der Waals surface area contributed by atoms with Crippen molar-refractivity contribution in [2.24, 2.45) is 0 Å². The fraction of sp³-hybridized carbons (Fsp3) is 0.304. The molecule has 0 unspecified atom stereocenters. The number of hydrogen-bond acceptors (Lipinski definition) is 5.